The van der Waals surface area contributed by atoms with Crippen LogP contribution in [-0.2, 0) is 0 Å². The summed E-state index contributed by atoms with van der Waals surface area (Å²) in [6, 6.07) is 10.2. The smallest absolute Gasteiger partial charge is 0.101 e. The molecule has 0 amide bonds. The standard InChI is InChI=1S/C12H12N2S/c1-9(2)15-14-8-10(7-13)11-5-3-4-6-12(11)14/h3-6,8-9H,1-2H3. The van der Waals surface area contributed by atoms with Crippen molar-refractivity contribution in [1.29, 1.82) is 5.26 Å². The van der Waals surface area contributed by atoms with Gasteiger partial charge in [0.2, 0.25) is 0 Å². The van der Waals surface area contributed by atoms with Crippen LogP contribution in [0.3, 0.4) is 0 Å². The van der Waals surface area contributed by atoms with Crippen molar-refractivity contribution in [3.05, 3.63) is 36.0 Å². The highest BCUT2D eigenvalue weighted by molar-refractivity contribution is 7.98. The average Bonchev–Trinajstić information content (AvgIpc) is 2.56. The predicted octanol–water partition coefficient (Wildman–Crippen LogP) is 3.42. The van der Waals surface area contributed by atoms with Crippen molar-refractivity contribution >= 4 is 22.9 Å². The molecule has 1 aromatic carbocycles. The second-order valence-corrected chi connectivity index (χ2v) is 5.20. The molecule has 2 rings (SSSR count). The summed E-state index contributed by atoms with van der Waals surface area (Å²) in [6.45, 7) is 4.29. The number of rotatable bonds is 2. The number of hydrogen-bond donors (Lipinski definition) is 0. The van der Waals surface area contributed by atoms with Crippen LogP contribution in [0.4, 0.5) is 0 Å². The third-order valence-corrected chi connectivity index (χ3v) is 3.07. The normalized spacial score (nSPS) is 10.8. The molecule has 3 heteroatoms. The molecule has 0 N–H and O–H groups in total. The molecule has 0 aliphatic rings. The number of nitrogens with zero attached hydrogens (tertiary/aromatic N) is 2. The van der Waals surface area contributed by atoms with Crippen LogP contribution in [0.2, 0.25) is 0 Å². The highest BCUT2D eigenvalue weighted by Crippen LogP contribution is 2.26. The molecule has 0 atom stereocenters. The number of aromatic nitrogens is 1. The van der Waals surface area contributed by atoms with Crippen LogP contribution < -0.4 is 0 Å². The third kappa shape index (κ3) is 1.86. The van der Waals surface area contributed by atoms with E-state index in [2.05, 4.69) is 23.9 Å². The van der Waals surface area contributed by atoms with Crippen molar-refractivity contribution in [2.75, 3.05) is 0 Å². The summed E-state index contributed by atoms with van der Waals surface area (Å²) < 4.78 is 2.08. The van der Waals surface area contributed by atoms with Gasteiger partial charge in [0, 0.05) is 16.8 Å². The molecule has 0 spiro atoms. The Kier molecular flexibility index (Phi) is 2.70. The van der Waals surface area contributed by atoms with E-state index in [1.807, 2.05) is 30.5 Å². The van der Waals surface area contributed by atoms with E-state index in [4.69, 9.17) is 5.26 Å². The number of fused-ring (bicyclic) bond motifs is 1. The largest absolute Gasteiger partial charge is 0.290 e. The lowest BCUT2D eigenvalue weighted by Gasteiger charge is -2.06. The van der Waals surface area contributed by atoms with Crippen LogP contribution in [0.5, 0.6) is 0 Å². The van der Waals surface area contributed by atoms with Gasteiger partial charge in [0.05, 0.1) is 11.1 Å². The average molecular weight is 216 g/mol. The van der Waals surface area contributed by atoms with Crippen molar-refractivity contribution in [2.45, 2.75) is 19.1 Å². The van der Waals surface area contributed by atoms with Crippen molar-refractivity contribution in [1.82, 2.24) is 3.97 Å². The first kappa shape index (κ1) is 10.1. The van der Waals surface area contributed by atoms with Crippen LogP contribution in [-0.4, -0.2) is 9.22 Å². The van der Waals surface area contributed by atoms with Gasteiger partial charge in [-0.2, -0.15) is 5.26 Å². The molecule has 0 saturated carbocycles. The molecule has 0 aliphatic carbocycles. The minimum Gasteiger partial charge on any atom is -0.290 e. The van der Waals surface area contributed by atoms with Gasteiger partial charge in [-0.25, -0.2) is 0 Å². The van der Waals surface area contributed by atoms with Crippen molar-refractivity contribution in [3.63, 3.8) is 0 Å². The summed E-state index contributed by atoms with van der Waals surface area (Å²) in [5, 5.41) is 10.6. The van der Waals surface area contributed by atoms with Crippen molar-refractivity contribution in [3.8, 4) is 6.07 Å². The molecule has 2 nitrogen and oxygen atoms in total. The maximum Gasteiger partial charge on any atom is 0.101 e. The lowest BCUT2D eigenvalue weighted by atomic mass is 10.2. The molecular weight excluding hydrogens is 204 g/mol. The van der Waals surface area contributed by atoms with Gasteiger partial charge in [-0.15, -0.1) is 0 Å². The Morgan fingerprint density at radius 1 is 1.33 bits per heavy atom. The summed E-state index contributed by atoms with van der Waals surface area (Å²) in [7, 11) is 0. The van der Waals surface area contributed by atoms with Crippen LogP contribution in [0.15, 0.2) is 30.5 Å². The minimum absolute atomic E-state index is 0.507. The summed E-state index contributed by atoms with van der Waals surface area (Å²) in [4.78, 5) is 0. The molecule has 15 heavy (non-hydrogen) atoms. The lowest BCUT2D eigenvalue weighted by Crippen LogP contribution is -1.92. The van der Waals surface area contributed by atoms with E-state index in [9.17, 15) is 0 Å². The molecule has 0 saturated heterocycles. The first-order valence-corrected chi connectivity index (χ1v) is 5.73. The van der Waals surface area contributed by atoms with E-state index < -0.39 is 0 Å². The second kappa shape index (κ2) is 4.00. The maximum absolute atomic E-state index is 9.01. The molecule has 2 aromatic rings. The predicted molar refractivity (Wildman–Crippen MR) is 64.8 cm³/mol. The molecule has 1 aromatic heterocycles. The second-order valence-electron chi connectivity index (χ2n) is 3.65. The summed E-state index contributed by atoms with van der Waals surface area (Å²) in [6.07, 6.45) is 1.91. The topological polar surface area (TPSA) is 28.7 Å². The number of benzene rings is 1. The van der Waals surface area contributed by atoms with Gasteiger partial charge in [-0.3, -0.25) is 3.97 Å². The zero-order chi connectivity index (χ0) is 10.8. The Morgan fingerprint density at radius 3 is 2.73 bits per heavy atom. The molecule has 0 aliphatic heterocycles. The molecule has 76 valence electrons. The van der Waals surface area contributed by atoms with Gasteiger partial charge in [-0.1, -0.05) is 32.0 Å². The van der Waals surface area contributed by atoms with Gasteiger partial charge >= 0.3 is 0 Å². The van der Waals surface area contributed by atoms with Gasteiger partial charge < -0.3 is 0 Å². The Balaban J connectivity index is 2.61. The van der Waals surface area contributed by atoms with E-state index in [1.54, 1.807) is 11.9 Å². The first-order valence-electron chi connectivity index (χ1n) is 4.89. The van der Waals surface area contributed by atoms with Crippen molar-refractivity contribution < 1.29 is 0 Å². The minimum atomic E-state index is 0.507. The molecular formula is C12H12N2S. The maximum atomic E-state index is 9.01. The van der Waals surface area contributed by atoms with E-state index >= 15 is 0 Å². The summed E-state index contributed by atoms with van der Waals surface area (Å²) >= 11 is 1.73. The lowest BCUT2D eigenvalue weighted by molar-refractivity contribution is 1.09. The summed E-state index contributed by atoms with van der Waals surface area (Å²) in [5.41, 5.74) is 1.87. The number of hydrogen-bond acceptors (Lipinski definition) is 2. The van der Waals surface area contributed by atoms with Gasteiger partial charge in [0.25, 0.3) is 0 Å². The molecule has 0 fully saturated rings. The van der Waals surface area contributed by atoms with Crippen molar-refractivity contribution in [2.24, 2.45) is 0 Å². The fourth-order valence-corrected chi connectivity index (χ4v) is 2.45. The Hall–Kier alpha value is -1.40. The molecule has 0 radical (unpaired) electrons. The molecule has 1 heterocycles. The molecule has 0 unspecified atom stereocenters. The van der Waals surface area contributed by atoms with Gasteiger partial charge in [0.15, 0.2) is 0 Å². The fraction of sp³-hybridized carbons (Fsp3) is 0.250. The van der Waals surface area contributed by atoms with E-state index in [1.165, 1.54) is 0 Å². The monoisotopic (exact) mass is 216 g/mol. The van der Waals surface area contributed by atoms with Gasteiger partial charge in [-0.05, 0) is 18.0 Å². The van der Waals surface area contributed by atoms with Crippen LogP contribution in [0, 0.1) is 11.3 Å². The quantitative estimate of drug-likeness (QED) is 0.769. The summed E-state index contributed by atoms with van der Waals surface area (Å²) in [5.74, 6) is 0. The van der Waals surface area contributed by atoms with Crippen LogP contribution in [0.25, 0.3) is 10.9 Å². The third-order valence-electron chi connectivity index (χ3n) is 2.12. The highest BCUT2D eigenvalue weighted by atomic mass is 32.2. The zero-order valence-corrected chi connectivity index (χ0v) is 9.58. The first-order chi connectivity index (χ1) is 7.22. The molecule has 0 bridgehead atoms. The SMILES string of the molecule is CC(C)Sn1cc(C#N)c2ccccc21. The van der Waals surface area contributed by atoms with E-state index in [0.717, 1.165) is 16.5 Å². The zero-order valence-electron chi connectivity index (χ0n) is 8.77. The van der Waals surface area contributed by atoms with Crippen LogP contribution in [0.1, 0.15) is 19.4 Å². The highest BCUT2D eigenvalue weighted by Gasteiger charge is 2.08. The fourth-order valence-electron chi connectivity index (χ4n) is 1.55. The Labute approximate surface area is 93.6 Å². The Bertz CT molecular complexity index is 520. The number of para-hydroxylation sites is 1. The Morgan fingerprint density at radius 2 is 2.07 bits per heavy atom. The van der Waals surface area contributed by atoms with E-state index in [-0.39, 0.29) is 0 Å². The van der Waals surface area contributed by atoms with E-state index in [0.29, 0.717) is 5.25 Å². The van der Waals surface area contributed by atoms with Crippen LogP contribution >= 0.6 is 11.9 Å². The number of nitriles is 1. The van der Waals surface area contributed by atoms with Gasteiger partial charge in [0.1, 0.15) is 6.07 Å².